The van der Waals surface area contributed by atoms with Crippen LogP contribution < -0.4 is 40.4 Å². The molecule has 0 atom stereocenters. The average Bonchev–Trinajstić information content (AvgIpc) is 1.90. The fraction of sp³-hybridized carbons (Fsp3) is 0.143. The maximum Gasteiger partial charge on any atom is 1.00 e. The van der Waals surface area contributed by atoms with Gasteiger partial charge in [-0.25, -0.2) is 5.84 Å². The van der Waals surface area contributed by atoms with E-state index < -0.39 is 0 Å². The van der Waals surface area contributed by atoms with Gasteiger partial charge in [-0.1, -0.05) is 18.2 Å². The predicted molar refractivity (Wildman–Crippen MR) is 47.4 cm³/mol. The van der Waals surface area contributed by atoms with Crippen molar-refractivity contribution in [2.45, 2.75) is 0 Å². The van der Waals surface area contributed by atoms with Crippen molar-refractivity contribution in [2.75, 3.05) is 12.1 Å². The number of benzene rings is 1. The number of hydrogen-bond donors (Lipinski definition) is 1. The van der Waals surface area contributed by atoms with Gasteiger partial charge in [0, 0.05) is 7.05 Å². The Bertz CT molecular complexity index is 184. The molecule has 1 aromatic rings. The molecule has 0 unspecified atom stereocenters. The van der Waals surface area contributed by atoms with Crippen LogP contribution in [0.1, 0.15) is 1.43 Å². The van der Waals surface area contributed by atoms with Crippen LogP contribution in [0.2, 0.25) is 0 Å². The largest absolute Gasteiger partial charge is 1.00 e. The van der Waals surface area contributed by atoms with Crippen molar-refractivity contribution in [2.24, 2.45) is 5.84 Å². The number of rotatable bonds is 1. The monoisotopic (exact) mass is 182 g/mol. The summed E-state index contributed by atoms with van der Waals surface area (Å²) in [6.07, 6.45) is 0. The first kappa shape index (κ1) is 13.8. The van der Waals surface area contributed by atoms with Crippen LogP contribution in [0.15, 0.2) is 30.3 Å². The first-order chi connectivity index (χ1) is 4.30. The van der Waals surface area contributed by atoms with E-state index in [4.69, 9.17) is 5.84 Å². The molecule has 0 saturated heterocycles. The van der Waals surface area contributed by atoms with E-state index in [1.807, 2.05) is 37.4 Å². The zero-order valence-electron chi connectivity index (χ0n) is 7.82. The molecule has 4 heteroatoms. The number of anilines is 1. The molecular formula is C7H12ClN2Na. The average molecular weight is 183 g/mol. The molecule has 1 rings (SSSR count). The number of hydrazine groups is 1. The van der Waals surface area contributed by atoms with E-state index in [0.717, 1.165) is 5.69 Å². The van der Waals surface area contributed by atoms with Crippen molar-refractivity contribution in [1.82, 2.24) is 0 Å². The molecule has 0 aliphatic heterocycles. The SMILES string of the molecule is CN(N)c1ccccc1.Cl.[H-].[Na+]. The van der Waals surface area contributed by atoms with Crippen LogP contribution in [0, 0.1) is 0 Å². The number of halogens is 1. The summed E-state index contributed by atoms with van der Waals surface area (Å²) in [5.41, 5.74) is 1.03. The van der Waals surface area contributed by atoms with Crippen LogP contribution in [0.4, 0.5) is 5.69 Å². The Morgan fingerprint density at radius 2 is 1.73 bits per heavy atom. The molecular weight excluding hydrogens is 171 g/mol. The summed E-state index contributed by atoms with van der Waals surface area (Å²) in [6.45, 7) is 0. The van der Waals surface area contributed by atoms with Crippen LogP contribution >= 0.6 is 12.4 Å². The van der Waals surface area contributed by atoms with Crippen molar-refractivity contribution < 1.29 is 31.0 Å². The van der Waals surface area contributed by atoms with E-state index in [2.05, 4.69) is 0 Å². The van der Waals surface area contributed by atoms with Crippen molar-refractivity contribution in [1.29, 1.82) is 0 Å². The summed E-state index contributed by atoms with van der Waals surface area (Å²) in [4.78, 5) is 0. The summed E-state index contributed by atoms with van der Waals surface area (Å²) in [5, 5.41) is 1.58. The Kier molecular flexibility index (Phi) is 8.74. The third kappa shape index (κ3) is 4.67. The minimum Gasteiger partial charge on any atom is -1.00 e. The van der Waals surface area contributed by atoms with Crippen LogP contribution in [-0.4, -0.2) is 7.05 Å². The summed E-state index contributed by atoms with van der Waals surface area (Å²) in [6, 6.07) is 9.80. The molecule has 0 bridgehead atoms. The van der Waals surface area contributed by atoms with E-state index in [1.54, 1.807) is 5.01 Å². The van der Waals surface area contributed by atoms with Gasteiger partial charge in [-0.3, -0.25) is 0 Å². The second-order valence-corrected chi connectivity index (χ2v) is 1.95. The summed E-state index contributed by atoms with van der Waals surface area (Å²) >= 11 is 0. The second kappa shape index (κ2) is 6.95. The van der Waals surface area contributed by atoms with Gasteiger partial charge in [0.2, 0.25) is 0 Å². The van der Waals surface area contributed by atoms with Crippen molar-refractivity contribution >= 4 is 18.1 Å². The molecule has 0 fully saturated rings. The topological polar surface area (TPSA) is 29.3 Å². The quantitative estimate of drug-likeness (QED) is 0.327. The fourth-order valence-electron chi connectivity index (χ4n) is 0.663. The van der Waals surface area contributed by atoms with Crippen LogP contribution in [0.25, 0.3) is 0 Å². The molecule has 0 saturated carbocycles. The molecule has 11 heavy (non-hydrogen) atoms. The molecule has 1 aromatic carbocycles. The van der Waals surface area contributed by atoms with Gasteiger partial charge in [-0.15, -0.1) is 12.4 Å². The van der Waals surface area contributed by atoms with Gasteiger partial charge < -0.3 is 6.44 Å². The predicted octanol–water partition coefficient (Wildman–Crippen LogP) is -1.47. The molecule has 0 spiro atoms. The Labute approximate surface area is 96.9 Å². The summed E-state index contributed by atoms with van der Waals surface area (Å²) in [7, 11) is 1.81. The molecule has 0 radical (unpaired) electrons. The molecule has 58 valence electrons. The Morgan fingerprint density at radius 3 is 2.00 bits per heavy atom. The number of hydrogen-bond acceptors (Lipinski definition) is 2. The van der Waals surface area contributed by atoms with Gasteiger partial charge in [0.05, 0.1) is 5.69 Å². The van der Waals surface area contributed by atoms with Gasteiger partial charge >= 0.3 is 29.6 Å². The summed E-state index contributed by atoms with van der Waals surface area (Å²) < 4.78 is 0. The van der Waals surface area contributed by atoms with E-state index in [9.17, 15) is 0 Å². The zero-order valence-corrected chi connectivity index (χ0v) is 9.64. The van der Waals surface area contributed by atoms with E-state index in [1.165, 1.54) is 0 Å². The molecule has 0 aromatic heterocycles. The van der Waals surface area contributed by atoms with Gasteiger partial charge in [-0.05, 0) is 12.1 Å². The maximum absolute atomic E-state index is 5.45. The fourth-order valence-corrected chi connectivity index (χ4v) is 0.663. The molecule has 0 amide bonds. The standard InChI is InChI=1S/C7H10N2.ClH.Na.H/c1-9(8)7-5-3-2-4-6-7;;;/h2-6H,8H2,1H3;1H;;/q;;+1;-1. The molecule has 0 heterocycles. The smallest absolute Gasteiger partial charge is 1.00 e. The minimum atomic E-state index is 0. The Balaban J connectivity index is -0.000000270. The van der Waals surface area contributed by atoms with Gasteiger partial charge in [0.1, 0.15) is 0 Å². The molecule has 0 aliphatic rings. The van der Waals surface area contributed by atoms with E-state index in [0.29, 0.717) is 0 Å². The number of nitrogens with two attached hydrogens (primary N) is 1. The third-order valence-corrected chi connectivity index (χ3v) is 1.16. The third-order valence-electron chi connectivity index (χ3n) is 1.16. The van der Waals surface area contributed by atoms with Crippen LogP contribution in [-0.2, 0) is 0 Å². The summed E-state index contributed by atoms with van der Waals surface area (Å²) in [5.74, 6) is 5.45. The van der Waals surface area contributed by atoms with Crippen molar-refractivity contribution in [3.05, 3.63) is 30.3 Å². The van der Waals surface area contributed by atoms with Gasteiger partial charge in [-0.2, -0.15) is 0 Å². The molecule has 2 nitrogen and oxygen atoms in total. The van der Waals surface area contributed by atoms with Crippen LogP contribution in [0.3, 0.4) is 0 Å². The Hall–Kier alpha value is 0.270. The zero-order chi connectivity index (χ0) is 6.69. The van der Waals surface area contributed by atoms with E-state index >= 15 is 0 Å². The normalized spacial score (nSPS) is 7.45. The maximum atomic E-state index is 5.45. The van der Waals surface area contributed by atoms with Gasteiger partial charge in [0.15, 0.2) is 0 Å². The van der Waals surface area contributed by atoms with E-state index in [-0.39, 0.29) is 43.4 Å². The van der Waals surface area contributed by atoms with Crippen molar-refractivity contribution in [3.63, 3.8) is 0 Å². The number of nitrogens with zero attached hydrogens (tertiary/aromatic N) is 1. The molecule has 0 aliphatic carbocycles. The minimum absolute atomic E-state index is 0. The van der Waals surface area contributed by atoms with Gasteiger partial charge in [0.25, 0.3) is 0 Å². The van der Waals surface area contributed by atoms with Crippen molar-refractivity contribution in [3.8, 4) is 0 Å². The van der Waals surface area contributed by atoms with Crippen LogP contribution in [0.5, 0.6) is 0 Å². The number of para-hydroxylation sites is 1. The second-order valence-electron chi connectivity index (χ2n) is 1.95. The first-order valence-electron chi connectivity index (χ1n) is 2.84. The first-order valence-corrected chi connectivity index (χ1v) is 2.84. The Morgan fingerprint density at radius 1 is 1.27 bits per heavy atom. The molecule has 2 N–H and O–H groups in total.